The fourth-order valence-corrected chi connectivity index (χ4v) is 9.79. The molecule has 0 heterocycles. The second-order valence-corrected chi connectivity index (χ2v) is 24.1. The molecule has 0 bridgehead atoms. The van der Waals surface area contributed by atoms with Crippen molar-refractivity contribution >= 4 is 17.9 Å². The Morgan fingerprint density at radius 1 is 0.383 bits per heavy atom. The molecule has 9 nitrogen and oxygen atoms in total. The third-order valence-corrected chi connectivity index (χ3v) is 15.0. The van der Waals surface area contributed by atoms with E-state index in [-0.39, 0.29) is 32.2 Å². The van der Waals surface area contributed by atoms with Crippen LogP contribution in [-0.2, 0) is 33.3 Å². The predicted octanol–water partition coefficient (Wildman–Crippen LogP) is 20.9. The summed E-state index contributed by atoms with van der Waals surface area (Å²) in [5, 5.41) is 9.74. The normalized spacial score (nSPS) is 13.1. The van der Waals surface area contributed by atoms with Gasteiger partial charge in [-0.1, -0.05) is 305 Å². The zero-order valence-corrected chi connectivity index (χ0v) is 53.7. The van der Waals surface area contributed by atoms with Gasteiger partial charge in [0.1, 0.15) is 13.2 Å². The molecule has 0 aliphatic rings. The Morgan fingerprint density at radius 3 is 1.05 bits per heavy atom. The molecule has 0 aromatic carbocycles. The van der Waals surface area contributed by atoms with Crippen LogP contribution in [0.5, 0.6) is 0 Å². The molecule has 0 aromatic rings. The van der Waals surface area contributed by atoms with Gasteiger partial charge >= 0.3 is 17.9 Å². The van der Waals surface area contributed by atoms with Gasteiger partial charge in [-0.05, 0) is 64.2 Å². The quantitative estimate of drug-likeness (QED) is 0.0211. The number of rotatable bonds is 63. The minimum Gasteiger partial charge on any atom is -0.477 e. The highest BCUT2D eigenvalue weighted by molar-refractivity contribution is 5.71. The van der Waals surface area contributed by atoms with Crippen molar-refractivity contribution in [2.24, 2.45) is 0 Å². The summed E-state index contributed by atoms with van der Waals surface area (Å²) in [4.78, 5) is 37.6. The number of allylic oxidation sites excluding steroid dienone is 12. The highest BCUT2D eigenvalue weighted by atomic mass is 16.7. The summed E-state index contributed by atoms with van der Waals surface area (Å²) in [5.41, 5.74) is 0. The van der Waals surface area contributed by atoms with Gasteiger partial charge in [0.05, 0.1) is 34.4 Å². The number of unbranched alkanes of at least 4 members (excludes halogenated alkanes) is 36. The molecule has 0 saturated carbocycles. The van der Waals surface area contributed by atoms with Crippen molar-refractivity contribution in [1.82, 2.24) is 0 Å². The Bertz CT molecular complexity index is 1560. The molecule has 0 spiro atoms. The topological polar surface area (TPSA) is 108 Å². The summed E-state index contributed by atoms with van der Waals surface area (Å²) in [6, 6.07) is 0. The van der Waals surface area contributed by atoms with Crippen molar-refractivity contribution in [3.05, 3.63) is 72.9 Å². The number of hydrogen-bond donors (Lipinski definition) is 1. The summed E-state index contributed by atoms with van der Waals surface area (Å²) in [6.07, 6.45) is 80.0. The Labute approximate surface area is 500 Å². The number of carbonyl (C=O) groups excluding carboxylic acids is 2. The second kappa shape index (κ2) is 62.8. The molecule has 2 unspecified atom stereocenters. The van der Waals surface area contributed by atoms with E-state index in [1.165, 1.54) is 199 Å². The van der Waals surface area contributed by atoms with E-state index in [1.807, 2.05) is 21.1 Å². The van der Waals surface area contributed by atoms with E-state index >= 15 is 0 Å². The molecule has 0 rings (SSSR count). The highest BCUT2D eigenvalue weighted by Gasteiger charge is 2.25. The van der Waals surface area contributed by atoms with E-state index in [2.05, 4.69) is 86.8 Å². The van der Waals surface area contributed by atoms with Gasteiger partial charge in [0.15, 0.2) is 6.10 Å². The Morgan fingerprint density at radius 2 is 0.704 bits per heavy atom. The third-order valence-electron chi connectivity index (χ3n) is 15.0. The monoisotopic (exact) mass is 1140 g/mol. The van der Waals surface area contributed by atoms with Gasteiger partial charge in [-0.15, -0.1) is 0 Å². The van der Waals surface area contributed by atoms with E-state index in [9.17, 15) is 19.5 Å². The van der Waals surface area contributed by atoms with Crippen molar-refractivity contribution in [2.45, 2.75) is 322 Å². The van der Waals surface area contributed by atoms with Gasteiger partial charge in [0.25, 0.3) is 6.29 Å². The lowest BCUT2D eigenvalue weighted by atomic mass is 10.0. The number of likely N-dealkylation sites (N-methyl/N-ethyl adjacent to an activating group) is 1. The fraction of sp³-hybridized carbons (Fsp3) is 0.792. The van der Waals surface area contributed by atoms with E-state index in [1.54, 1.807) is 0 Å². The molecule has 0 aliphatic heterocycles. The Balaban J connectivity index is 4.13. The summed E-state index contributed by atoms with van der Waals surface area (Å²) < 4.78 is 23.0. The Hall–Kier alpha value is -3.27. The lowest BCUT2D eigenvalue weighted by Gasteiger charge is -2.25. The molecule has 0 radical (unpaired) electrons. The van der Waals surface area contributed by atoms with Crippen LogP contribution in [0.15, 0.2) is 72.9 Å². The maximum absolute atomic E-state index is 12.9. The van der Waals surface area contributed by atoms with Crippen LogP contribution in [-0.4, -0.2) is 87.4 Å². The first-order chi connectivity index (χ1) is 39.6. The number of quaternary nitrogens is 1. The zero-order chi connectivity index (χ0) is 59.1. The van der Waals surface area contributed by atoms with E-state index in [4.69, 9.17) is 18.9 Å². The molecule has 1 N–H and O–H groups in total. The summed E-state index contributed by atoms with van der Waals surface area (Å²) in [5.74, 6) is -1.99. The number of esters is 2. The van der Waals surface area contributed by atoms with Crippen LogP contribution in [0.2, 0.25) is 0 Å². The number of carboxylic acid groups (broad SMARTS) is 1. The van der Waals surface area contributed by atoms with Crippen molar-refractivity contribution in [1.29, 1.82) is 0 Å². The number of nitrogens with zero attached hydrogens (tertiary/aromatic N) is 1. The summed E-state index contributed by atoms with van der Waals surface area (Å²) >= 11 is 0. The maximum atomic E-state index is 12.9. The van der Waals surface area contributed by atoms with E-state index in [0.717, 1.165) is 83.5 Å². The first kappa shape index (κ1) is 77.7. The Kier molecular flexibility index (Phi) is 60.2. The van der Waals surface area contributed by atoms with Crippen molar-refractivity contribution < 1.29 is 42.9 Å². The van der Waals surface area contributed by atoms with Crippen molar-refractivity contribution in [3.8, 4) is 0 Å². The highest BCUT2D eigenvalue weighted by Crippen LogP contribution is 2.18. The van der Waals surface area contributed by atoms with Crippen LogP contribution in [0, 0.1) is 0 Å². The summed E-state index contributed by atoms with van der Waals surface area (Å²) in [7, 11) is 5.98. The number of ether oxygens (including phenoxy) is 4. The van der Waals surface area contributed by atoms with E-state index in [0.29, 0.717) is 17.4 Å². The van der Waals surface area contributed by atoms with Gasteiger partial charge in [0.2, 0.25) is 0 Å². The molecule has 0 aromatic heterocycles. The molecule has 470 valence electrons. The predicted molar refractivity (Wildman–Crippen MR) is 346 cm³/mol. The first-order valence-electron chi connectivity index (χ1n) is 34.1. The molecule has 0 aliphatic carbocycles. The second-order valence-electron chi connectivity index (χ2n) is 24.1. The third kappa shape index (κ3) is 64.1. The number of aliphatic carboxylic acids is 1. The zero-order valence-electron chi connectivity index (χ0n) is 53.7. The molecule has 9 heteroatoms. The minimum atomic E-state index is -1.51. The van der Waals surface area contributed by atoms with Crippen LogP contribution in [0.25, 0.3) is 0 Å². The molecule has 81 heavy (non-hydrogen) atoms. The van der Waals surface area contributed by atoms with Crippen LogP contribution >= 0.6 is 0 Å². The van der Waals surface area contributed by atoms with E-state index < -0.39 is 24.3 Å². The van der Waals surface area contributed by atoms with Gasteiger partial charge in [-0.3, -0.25) is 9.59 Å². The van der Waals surface area contributed by atoms with Gasteiger partial charge in [-0.25, -0.2) is 4.79 Å². The summed E-state index contributed by atoms with van der Waals surface area (Å²) in [6.45, 7) is 4.81. The maximum Gasteiger partial charge on any atom is 0.361 e. The average molecular weight is 1140 g/mol. The molecule has 0 amide bonds. The fourth-order valence-electron chi connectivity index (χ4n) is 9.79. The standard InChI is InChI=1S/C72H129NO8/c1-6-8-10-12-14-16-18-20-22-24-26-28-30-32-33-34-35-36-37-39-41-43-45-47-49-51-53-55-57-59-61-63-70(75)81-68(67-80-72(71(76)77)78-65-64-73(3,4)5)66-79-69(74)62-60-58-56-54-52-50-48-46-44-42-40-38-31-29-27-25-23-21-19-17-15-13-11-9-7-2/h8,10,14,16,20,22,26,28,32-33,35-36,68,72H,6-7,9,11-13,15,17-19,21,23-25,27,29-31,34,37-67H2,1-5H3/p+1/b10-8-,16-14-,22-20-,28-26-,33-32-,36-35-. The van der Waals surface area contributed by atoms with Gasteiger partial charge < -0.3 is 28.5 Å². The number of carboxylic acids is 1. The molecular weight excluding hydrogens is 1010 g/mol. The smallest absolute Gasteiger partial charge is 0.361 e. The van der Waals surface area contributed by atoms with Crippen LogP contribution in [0.1, 0.15) is 309 Å². The number of hydrogen-bond acceptors (Lipinski definition) is 7. The molecule has 0 fully saturated rings. The molecule has 0 saturated heterocycles. The number of carbonyl (C=O) groups is 3. The largest absolute Gasteiger partial charge is 0.477 e. The van der Waals surface area contributed by atoms with Gasteiger partial charge in [0, 0.05) is 12.8 Å². The minimum absolute atomic E-state index is 0.181. The lowest BCUT2D eigenvalue weighted by Crippen LogP contribution is -2.40. The lowest BCUT2D eigenvalue weighted by molar-refractivity contribution is -0.870. The van der Waals surface area contributed by atoms with Crippen LogP contribution < -0.4 is 0 Å². The van der Waals surface area contributed by atoms with Crippen molar-refractivity contribution in [2.75, 3.05) is 47.5 Å². The SMILES string of the molecule is CC/C=C\C/C=C\C/C=C\C/C=C\C/C=C\C/C=C\CCCCCCCCCCCCCCC(=O)OC(COC(=O)CCCCCCCCCCCCCCCCCCCCCCCCCCC)COC(OCC[N+](C)(C)C)C(=O)O. The first-order valence-corrected chi connectivity index (χ1v) is 34.1. The molecular formula is C72H130NO8+. The van der Waals surface area contributed by atoms with Crippen LogP contribution in [0.4, 0.5) is 0 Å². The van der Waals surface area contributed by atoms with Crippen LogP contribution in [0.3, 0.4) is 0 Å². The molecule has 2 atom stereocenters. The van der Waals surface area contributed by atoms with Crippen molar-refractivity contribution in [3.63, 3.8) is 0 Å². The van der Waals surface area contributed by atoms with Gasteiger partial charge in [-0.2, -0.15) is 0 Å². The average Bonchev–Trinajstić information content (AvgIpc) is 3.44.